The van der Waals surface area contributed by atoms with E-state index in [0.29, 0.717) is 17.1 Å². The molecule has 0 aliphatic rings. The number of rotatable bonds is 5. The average molecular weight is 299 g/mol. The summed E-state index contributed by atoms with van der Waals surface area (Å²) >= 11 is 1.46. The molecule has 0 amide bonds. The fourth-order valence-electron chi connectivity index (χ4n) is 1.63. The van der Waals surface area contributed by atoms with Crippen molar-refractivity contribution in [1.29, 1.82) is 0 Å². The van der Waals surface area contributed by atoms with Gasteiger partial charge in [0.1, 0.15) is 0 Å². The van der Waals surface area contributed by atoms with Crippen LogP contribution in [0.3, 0.4) is 0 Å². The van der Waals surface area contributed by atoms with E-state index in [2.05, 4.69) is 30.4 Å². The molecule has 0 aromatic carbocycles. The van der Waals surface area contributed by atoms with Crippen LogP contribution in [-0.4, -0.2) is 36.3 Å². The zero-order valence-electron chi connectivity index (χ0n) is 11.3. The lowest BCUT2D eigenvalue weighted by molar-refractivity contribution is 0.760. The summed E-state index contributed by atoms with van der Waals surface area (Å²) in [7, 11) is 0. The van der Waals surface area contributed by atoms with Gasteiger partial charge >= 0.3 is 0 Å². The van der Waals surface area contributed by atoms with Crippen molar-refractivity contribution < 1.29 is 0 Å². The van der Waals surface area contributed by atoms with Crippen LogP contribution in [0.25, 0.3) is 5.95 Å². The maximum absolute atomic E-state index is 4.43. The van der Waals surface area contributed by atoms with Gasteiger partial charge in [0.2, 0.25) is 5.95 Å². The van der Waals surface area contributed by atoms with Crippen molar-refractivity contribution in [2.45, 2.75) is 17.0 Å². The predicted octanol–water partition coefficient (Wildman–Crippen LogP) is 2.04. The second-order valence-corrected chi connectivity index (χ2v) is 5.05. The van der Waals surface area contributed by atoms with Crippen molar-refractivity contribution >= 4 is 17.7 Å². The lowest BCUT2D eigenvalue weighted by Crippen LogP contribution is -2.09. The maximum Gasteiger partial charge on any atom is 0.256 e. The topological polar surface area (TPSA) is 81.4 Å². The summed E-state index contributed by atoms with van der Waals surface area (Å²) in [4.78, 5) is 18.2. The van der Waals surface area contributed by atoms with Crippen molar-refractivity contribution in [1.82, 2.24) is 29.7 Å². The second kappa shape index (κ2) is 6.31. The summed E-state index contributed by atoms with van der Waals surface area (Å²) in [6.45, 7) is 2.73. The Morgan fingerprint density at radius 3 is 2.71 bits per heavy atom. The highest BCUT2D eigenvalue weighted by Gasteiger charge is 2.09. The number of nitrogens with zero attached hydrogens (tertiary/aromatic N) is 6. The molecule has 0 saturated carbocycles. The van der Waals surface area contributed by atoms with E-state index in [0.717, 1.165) is 11.4 Å². The Kier molecular flexibility index (Phi) is 4.06. The average Bonchev–Trinajstić information content (AvgIpc) is 3.03. The molecule has 3 aromatic rings. The molecule has 8 heteroatoms. The predicted molar refractivity (Wildman–Crippen MR) is 79.5 cm³/mol. The van der Waals surface area contributed by atoms with E-state index in [1.165, 1.54) is 11.8 Å². The zero-order valence-corrected chi connectivity index (χ0v) is 12.2. The summed E-state index contributed by atoms with van der Waals surface area (Å²) in [6.07, 6.45) is 6.96. The van der Waals surface area contributed by atoms with Crippen molar-refractivity contribution in [2.75, 3.05) is 11.9 Å². The molecule has 0 unspecified atom stereocenters. The van der Waals surface area contributed by atoms with E-state index in [9.17, 15) is 0 Å². The van der Waals surface area contributed by atoms with Crippen LogP contribution in [0.5, 0.6) is 0 Å². The van der Waals surface area contributed by atoms with Crippen LogP contribution in [0.15, 0.2) is 53.0 Å². The van der Waals surface area contributed by atoms with E-state index in [1.54, 1.807) is 29.5 Å². The summed E-state index contributed by atoms with van der Waals surface area (Å²) in [5.74, 6) is 1.03. The maximum atomic E-state index is 4.43. The molecule has 0 saturated heterocycles. The normalized spacial score (nSPS) is 10.5. The quantitative estimate of drug-likeness (QED) is 0.772. The smallest absolute Gasteiger partial charge is 0.256 e. The summed E-state index contributed by atoms with van der Waals surface area (Å²) in [6, 6.07) is 5.65. The van der Waals surface area contributed by atoms with Crippen molar-refractivity contribution in [3.8, 4) is 5.95 Å². The van der Waals surface area contributed by atoms with Crippen molar-refractivity contribution in [3.05, 3.63) is 43.0 Å². The summed E-state index contributed by atoms with van der Waals surface area (Å²) in [5, 5.41) is 7.87. The third kappa shape index (κ3) is 3.34. The SMILES string of the molecule is CCNc1nc(Sc2ccncc2)nc(-n2cccn2)n1. The molecule has 1 N–H and O–H groups in total. The molecule has 0 aliphatic heterocycles. The minimum atomic E-state index is 0.488. The van der Waals surface area contributed by atoms with Gasteiger partial charge in [-0.05, 0) is 36.9 Å². The molecular weight excluding hydrogens is 286 g/mol. The third-order valence-electron chi connectivity index (χ3n) is 2.51. The van der Waals surface area contributed by atoms with E-state index < -0.39 is 0 Å². The Labute approximate surface area is 125 Å². The van der Waals surface area contributed by atoms with E-state index in [4.69, 9.17) is 0 Å². The van der Waals surface area contributed by atoms with Gasteiger partial charge < -0.3 is 5.32 Å². The number of aromatic nitrogens is 6. The summed E-state index contributed by atoms with van der Waals surface area (Å²) in [5.41, 5.74) is 0. The van der Waals surface area contributed by atoms with Gasteiger partial charge in [0.15, 0.2) is 5.16 Å². The molecule has 0 bridgehead atoms. The van der Waals surface area contributed by atoms with E-state index in [1.807, 2.05) is 25.1 Å². The number of nitrogens with one attached hydrogen (secondary N) is 1. The number of anilines is 1. The van der Waals surface area contributed by atoms with Gasteiger partial charge in [0.05, 0.1) is 0 Å². The summed E-state index contributed by atoms with van der Waals surface area (Å²) < 4.78 is 1.61. The third-order valence-corrected chi connectivity index (χ3v) is 3.38. The van der Waals surface area contributed by atoms with Crippen molar-refractivity contribution in [3.63, 3.8) is 0 Å². The number of pyridine rings is 1. The number of hydrogen-bond acceptors (Lipinski definition) is 7. The van der Waals surface area contributed by atoms with Crippen LogP contribution >= 0.6 is 11.8 Å². The molecule has 0 atom stereocenters. The molecular formula is C13H13N7S. The molecule has 3 aromatic heterocycles. The first-order valence-electron chi connectivity index (χ1n) is 6.43. The molecule has 0 aliphatic carbocycles. The first-order chi connectivity index (χ1) is 10.3. The first-order valence-corrected chi connectivity index (χ1v) is 7.24. The molecule has 0 radical (unpaired) electrons. The number of hydrogen-bond donors (Lipinski definition) is 1. The van der Waals surface area contributed by atoms with Crippen LogP contribution in [0.2, 0.25) is 0 Å². The molecule has 3 rings (SSSR count). The van der Waals surface area contributed by atoms with Crippen LogP contribution in [0.4, 0.5) is 5.95 Å². The second-order valence-electron chi connectivity index (χ2n) is 4.01. The van der Waals surface area contributed by atoms with Gasteiger partial charge in [-0.2, -0.15) is 20.1 Å². The van der Waals surface area contributed by atoms with Crippen LogP contribution in [-0.2, 0) is 0 Å². The molecule has 0 fully saturated rings. The van der Waals surface area contributed by atoms with Crippen LogP contribution in [0, 0.1) is 0 Å². The molecule has 21 heavy (non-hydrogen) atoms. The zero-order chi connectivity index (χ0) is 14.5. The molecule has 0 spiro atoms. The Morgan fingerprint density at radius 2 is 2.00 bits per heavy atom. The molecule has 106 valence electrons. The van der Waals surface area contributed by atoms with Gasteiger partial charge in [0.25, 0.3) is 5.95 Å². The minimum Gasteiger partial charge on any atom is -0.354 e. The standard InChI is InChI=1S/C13H13N7S/c1-2-15-11-17-12(20-9-3-6-16-20)19-13(18-11)21-10-4-7-14-8-5-10/h3-9H,2H2,1H3,(H,15,17,18,19). The first kappa shape index (κ1) is 13.5. The minimum absolute atomic E-state index is 0.488. The van der Waals surface area contributed by atoms with Crippen LogP contribution < -0.4 is 5.32 Å². The molecule has 7 nitrogen and oxygen atoms in total. The lowest BCUT2D eigenvalue weighted by Gasteiger charge is -2.07. The fourth-order valence-corrected chi connectivity index (χ4v) is 2.36. The van der Waals surface area contributed by atoms with Gasteiger partial charge in [-0.3, -0.25) is 4.98 Å². The fraction of sp³-hybridized carbons (Fsp3) is 0.154. The van der Waals surface area contributed by atoms with E-state index >= 15 is 0 Å². The Hall–Kier alpha value is -2.48. The lowest BCUT2D eigenvalue weighted by atomic mass is 10.5. The molecule has 3 heterocycles. The Balaban J connectivity index is 1.95. The highest BCUT2D eigenvalue weighted by Crippen LogP contribution is 2.24. The van der Waals surface area contributed by atoms with E-state index in [-0.39, 0.29) is 0 Å². The van der Waals surface area contributed by atoms with Gasteiger partial charge in [-0.25, -0.2) is 4.68 Å². The van der Waals surface area contributed by atoms with Gasteiger partial charge in [-0.15, -0.1) is 0 Å². The van der Waals surface area contributed by atoms with Gasteiger partial charge in [0, 0.05) is 36.2 Å². The monoisotopic (exact) mass is 299 g/mol. The van der Waals surface area contributed by atoms with Gasteiger partial charge in [-0.1, -0.05) is 0 Å². The Morgan fingerprint density at radius 1 is 1.14 bits per heavy atom. The van der Waals surface area contributed by atoms with Crippen molar-refractivity contribution in [2.24, 2.45) is 0 Å². The highest BCUT2D eigenvalue weighted by molar-refractivity contribution is 7.99. The largest absolute Gasteiger partial charge is 0.354 e. The Bertz CT molecular complexity index is 700. The van der Waals surface area contributed by atoms with Crippen LogP contribution in [0.1, 0.15) is 6.92 Å². The highest BCUT2D eigenvalue weighted by atomic mass is 32.2.